The zero-order valence-corrected chi connectivity index (χ0v) is 7.81. The maximum absolute atomic E-state index is 12.5. The minimum absolute atomic E-state index is 0.621. The van der Waals surface area contributed by atoms with Gasteiger partial charge >= 0.3 is 18.1 Å². The van der Waals surface area contributed by atoms with Crippen molar-refractivity contribution in [3.05, 3.63) is 11.1 Å². The van der Waals surface area contributed by atoms with Gasteiger partial charge in [-0.3, -0.25) is 0 Å². The van der Waals surface area contributed by atoms with Gasteiger partial charge in [-0.1, -0.05) is 0 Å². The number of hydrogen-bond donors (Lipinski definition) is 1. The lowest BCUT2D eigenvalue weighted by Crippen LogP contribution is -2.43. The average molecular weight is 224 g/mol. The van der Waals surface area contributed by atoms with E-state index in [1.54, 1.807) is 0 Å². The number of esters is 1. The summed E-state index contributed by atoms with van der Waals surface area (Å²) in [6.45, 7) is 1.54. The van der Waals surface area contributed by atoms with Gasteiger partial charge in [0.1, 0.15) is 5.57 Å². The van der Waals surface area contributed by atoms with Crippen molar-refractivity contribution in [2.75, 3.05) is 0 Å². The average Bonchev–Trinajstić information content (AvgIpc) is 2.22. The Morgan fingerprint density at radius 2 is 1.93 bits per heavy atom. The van der Waals surface area contributed by atoms with Crippen LogP contribution in [0, 0.1) is 0 Å². The van der Waals surface area contributed by atoms with Gasteiger partial charge < -0.3 is 9.84 Å². The van der Waals surface area contributed by atoms with Crippen LogP contribution in [0.2, 0.25) is 0 Å². The molecule has 0 aromatic heterocycles. The van der Waals surface area contributed by atoms with Crippen molar-refractivity contribution >= 4 is 11.9 Å². The molecule has 0 aromatic rings. The third-order valence-corrected chi connectivity index (χ3v) is 2.35. The lowest BCUT2D eigenvalue weighted by atomic mass is 9.95. The molecule has 0 saturated heterocycles. The topological polar surface area (TPSA) is 63.6 Å². The molecule has 0 fully saturated rings. The number of rotatable bonds is 1. The Bertz CT molecular complexity index is 369. The molecule has 15 heavy (non-hydrogen) atoms. The Kier molecular flexibility index (Phi) is 2.29. The van der Waals surface area contributed by atoms with Crippen molar-refractivity contribution in [1.29, 1.82) is 0 Å². The van der Waals surface area contributed by atoms with E-state index in [0.717, 1.165) is 6.92 Å². The summed E-state index contributed by atoms with van der Waals surface area (Å²) in [5.74, 6) is -3.18. The molecule has 0 saturated carbocycles. The first kappa shape index (κ1) is 11.5. The molecular weight excluding hydrogens is 217 g/mol. The zero-order chi connectivity index (χ0) is 12.0. The van der Waals surface area contributed by atoms with Crippen LogP contribution in [-0.2, 0) is 14.3 Å². The lowest BCUT2D eigenvalue weighted by molar-refractivity contribution is -0.242. The van der Waals surface area contributed by atoms with Gasteiger partial charge in [-0.25, -0.2) is 9.59 Å². The van der Waals surface area contributed by atoms with E-state index in [2.05, 4.69) is 4.74 Å². The van der Waals surface area contributed by atoms with E-state index >= 15 is 0 Å². The van der Waals surface area contributed by atoms with Crippen LogP contribution in [0.4, 0.5) is 13.2 Å². The molecule has 0 aromatic carbocycles. The van der Waals surface area contributed by atoms with Crippen LogP contribution in [0.3, 0.4) is 0 Å². The highest BCUT2D eigenvalue weighted by Crippen LogP contribution is 2.44. The summed E-state index contributed by atoms with van der Waals surface area (Å²) in [4.78, 5) is 21.4. The number of carbonyl (C=O) groups is 2. The Balaban J connectivity index is 3.33. The van der Waals surface area contributed by atoms with Crippen LogP contribution in [0.5, 0.6) is 0 Å². The second kappa shape index (κ2) is 2.98. The second-order valence-corrected chi connectivity index (χ2v) is 3.23. The van der Waals surface area contributed by atoms with Crippen LogP contribution in [0.25, 0.3) is 0 Å². The van der Waals surface area contributed by atoms with Crippen LogP contribution < -0.4 is 0 Å². The number of hydrogen-bond acceptors (Lipinski definition) is 3. The Morgan fingerprint density at radius 3 is 2.13 bits per heavy atom. The highest BCUT2D eigenvalue weighted by molar-refractivity contribution is 6.16. The van der Waals surface area contributed by atoms with E-state index in [9.17, 15) is 22.8 Å². The smallest absolute Gasteiger partial charge is 0.432 e. The first-order valence-corrected chi connectivity index (χ1v) is 3.86. The minimum atomic E-state index is -4.83. The molecule has 7 heteroatoms. The maximum atomic E-state index is 12.5. The molecule has 0 bridgehead atoms. The molecule has 4 nitrogen and oxygen atoms in total. The van der Waals surface area contributed by atoms with Crippen LogP contribution >= 0.6 is 0 Å². The van der Waals surface area contributed by atoms with Gasteiger partial charge in [-0.2, -0.15) is 13.2 Å². The van der Waals surface area contributed by atoms with Crippen LogP contribution in [0.1, 0.15) is 13.8 Å². The number of carbonyl (C=O) groups excluding carboxylic acids is 1. The predicted octanol–water partition coefficient (Wildman–Crippen LogP) is 1.27. The summed E-state index contributed by atoms with van der Waals surface area (Å²) < 4.78 is 41.6. The first-order valence-electron chi connectivity index (χ1n) is 3.86. The van der Waals surface area contributed by atoms with Gasteiger partial charge in [0.05, 0.1) is 0 Å². The van der Waals surface area contributed by atoms with Gasteiger partial charge in [0.25, 0.3) is 0 Å². The molecule has 1 aliphatic rings. The molecule has 1 N–H and O–H groups in total. The quantitative estimate of drug-likeness (QED) is 0.538. The van der Waals surface area contributed by atoms with E-state index < -0.39 is 34.9 Å². The number of halogens is 3. The number of alkyl halides is 3. The zero-order valence-electron chi connectivity index (χ0n) is 7.81. The Morgan fingerprint density at radius 1 is 1.47 bits per heavy atom. The molecule has 1 rings (SSSR count). The summed E-state index contributed by atoms with van der Waals surface area (Å²) in [6, 6.07) is 0. The van der Waals surface area contributed by atoms with Crippen LogP contribution in [0.15, 0.2) is 11.1 Å². The normalized spacial score (nSPS) is 26.9. The van der Waals surface area contributed by atoms with Gasteiger partial charge in [0, 0.05) is 5.57 Å². The fraction of sp³-hybridized carbons (Fsp3) is 0.500. The molecule has 0 unspecified atom stereocenters. The van der Waals surface area contributed by atoms with Crippen molar-refractivity contribution in [3.8, 4) is 0 Å². The summed E-state index contributed by atoms with van der Waals surface area (Å²) >= 11 is 0. The summed E-state index contributed by atoms with van der Waals surface area (Å²) in [5.41, 5.74) is -4.42. The highest BCUT2D eigenvalue weighted by Gasteiger charge is 2.61. The number of aliphatic carboxylic acids is 1. The molecule has 1 heterocycles. The van der Waals surface area contributed by atoms with E-state index in [4.69, 9.17) is 5.11 Å². The van der Waals surface area contributed by atoms with Gasteiger partial charge in [0.15, 0.2) is 0 Å². The predicted molar refractivity (Wildman–Crippen MR) is 40.9 cm³/mol. The largest absolute Gasteiger partial charge is 0.477 e. The molecule has 0 spiro atoms. The summed E-state index contributed by atoms with van der Waals surface area (Å²) in [5, 5.41) is 8.53. The number of carboxylic acids is 1. The van der Waals surface area contributed by atoms with E-state index in [0.29, 0.717) is 6.92 Å². The molecule has 0 amide bonds. The molecular formula is C8H7F3O4. The Hall–Kier alpha value is -1.53. The fourth-order valence-electron chi connectivity index (χ4n) is 1.22. The standard InChI is InChI=1S/C8H7F3O4/c1-3-4(5(12)13)6(14)15-7(3,2)8(9,10)11/h1-2H3,(H,12,13)/t7-/m1/s1. The summed E-state index contributed by atoms with van der Waals surface area (Å²) in [7, 11) is 0. The van der Waals surface area contributed by atoms with Gasteiger partial charge in [-0.05, 0) is 13.8 Å². The van der Waals surface area contributed by atoms with Gasteiger partial charge in [-0.15, -0.1) is 0 Å². The third-order valence-electron chi connectivity index (χ3n) is 2.35. The minimum Gasteiger partial charge on any atom is -0.477 e. The van der Waals surface area contributed by atoms with Crippen molar-refractivity contribution in [1.82, 2.24) is 0 Å². The number of ether oxygens (including phenoxy) is 1. The van der Waals surface area contributed by atoms with Crippen molar-refractivity contribution < 1.29 is 32.6 Å². The van der Waals surface area contributed by atoms with E-state index in [-0.39, 0.29) is 0 Å². The summed E-state index contributed by atoms with van der Waals surface area (Å²) in [6.07, 6.45) is -4.83. The van der Waals surface area contributed by atoms with Crippen molar-refractivity contribution in [3.63, 3.8) is 0 Å². The fourth-order valence-corrected chi connectivity index (χ4v) is 1.22. The molecule has 0 radical (unpaired) electrons. The first-order chi connectivity index (χ1) is 6.61. The third kappa shape index (κ3) is 1.47. The number of cyclic esters (lactones) is 1. The van der Waals surface area contributed by atoms with E-state index in [1.807, 2.05) is 0 Å². The molecule has 1 atom stereocenters. The molecule has 0 aliphatic carbocycles. The van der Waals surface area contributed by atoms with Gasteiger partial charge in [0.2, 0.25) is 5.60 Å². The second-order valence-electron chi connectivity index (χ2n) is 3.23. The molecule has 1 aliphatic heterocycles. The van der Waals surface area contributed by atoms with Crippen molar-refractivity contribution in [2.45, 2.75) is 25.6 Å². The maximum Gasteiger partial charge on any atom is 0.432 e. The lowest BCUT2D eigenvalue weighted by Gasteiger charge is -2.27. The molecule has 84 valence electrons. The number of carboxylic acid groups (broad SMARTS) is 1. The van der Waals surface area contributed by atoms with Crippen LogP contribution in [-0.4, -0.2) is 28.8 Å². The highest BCUT2D eigenvalue weighted by atomic mass is 19.4. The monoisotopic (exact) mass is 224 g/mol. The SMILES string of the molecule is CC1=C(C(=O)O)C(=O)O[C@@]1(C)C(F)(F)F. The van der Waals surface area contributed by atoms with Crippen molar-refractivity contribution in [2.24, 2.45) is 0 Å². The van der Waals surface area contributed by atoms with E-state index in [1.165, 1.54) is 0 Å². The Labute approximate surface area is 82.3 Å².